The third-order valence-electron chi connectivity index (χ3n) is 2.43. The van der Waals surface area contributed by atoms with Crippen LogP contribution in [0.3, 0.4) is 0 Å². The van der Waals surface area contributed by atoms with Crippen LogP contribution in [0.2, 0.25) is 12.1 Å². The molecular weight excluding hydrogens is 227 g/mol. The molecular formula is C8H21NaO3SSi. The maximum atomic E-state index is 12.0. The van der Waals surface area contributed by atoms with Crippen molar-refractivity contribution in [3.63, 3.8) is 0 Å². The topological polar surface area (TPSA) is 35.5 Å². The van der Waals surface area contributed by atoms with Crippen LogP contribution in [0.15, 0.2) is 0 Å². The predicted octanol–water partition coefficient (Wildman–Crippen LogP) is -1.42. The van der Waals surface area contributed by atoms with Crippen LogP contribution in [0.1, 0.15) is 20.7 Å². The average molecular weight is 248 g/mol. The predicted molar refractivity (Wildman–Crippen MR) is 59.8 cm³/mol. The Kier molecular flexibility index (Phi) is 6.08. The molecule has 1 fully saturated rings. The van der Waals surface area contributed by atoms with E-state index in [1.165, 1.54) is 26.4 Å². The van der Waals surface area contributed by atoms with Crippen molar-refractivity contribution in [2.45, 2.75) is 31.4 Å². The molecule has 0 radical (unpaired) electrons. The molecule has 14 heavy (non-hydrogen) atoms. The van der Waals surface area contributed by atoms with Gasteiger partial charge in [0.1, 0.15) is 0 Å². The zero-order valence-electron chi connectivity index (χ0n) is 10.7. The van der Waals surface area contributed by atoms with Gasteiger partial charge in [0.2, 0.25) is 0 Å². The fourth-order valence-corrected chi connectivity index (χ4v) is 7.51. The minimum atomic E-state index is -3.17. The van der Waals surface area contributed by atoms with Gasteiger partial charge < -0.3 is 5.30 Å². The van der Waals surface area contributed by atoms with Gasteiger partial charge in [-0.2, -0.15) is 0 Å². The summed E-state index contributed by atoms with van der Waals surface area (Å²) in [7, 11) is -2.94. The Morgan fingerprint density at radius 2 is 1.71 bits per heavy atom. The van der Waals surface area contributed by atoms with E-state index < -0.39 is 18.7 Å². The van der Waals surface area contributed by atoms with Crippen molar-refractivity contribution in [3.05, 3.63) is 0 Å². The summed E-state index contributed by atoms with van der Waals surface area (Å²) in [5.41, 5.74) is 0. The summed E-state index contributed by atoms with van der Waals surface area (Å²) < 4.78 is 22.7. The molecule has 0 atom stereocenters. The summed E-state index contributed by atoms with van der Waals surface area (Å²) in [6.07, 6.45) is 6.95. The fourth-order valence-electron chi connectivity index (χ4n) is 1.58. The largest absolute Gasteiger partial charge is 1.00 e. The maximum absolute atomic E-state index is 12.0. The standard InChI is InChI=1S/C8H20O3SSi.Na.H/c1-10-12(2,3,9)11-13-7-5-4-6-8-13;;/h13H,4-8H2,1-3H3;;/q;+1;-1. The maximum Gasteiger partial charge on any atom is 1.00 e. The van der Waals surface area contributed by atoms with Crippen LogP contribution in [0.5, 0.6) is 0 Å². The van der Waals surface area contributed by atoms with E-state index >= 15 is 0 Å². The molecule has 6 heteroatoms. The van der Waals surface area contributed by atoms with Crippen LogP contribution in [0.25, 0.3) is 0 Å². The molecule has 1 saturated heterocycles. The molecule has 0 unspecified atom stereocenters. The molecule has 3 nitrogen and oxygen atoms in total. The fraction of sp³-hybridized carbons (Fsp3) is 1.00. The molecule has 0 bridgehead atoms. The van der Waals surface area contributed by atoms with Gasteiger partial charge in [-0.05, 0) is 12.1 Å². The molecule has 1 aliphatic rings. The molecule has 0 aromatic carbocycles. The SMILES string of the molecule is COS(C)(C)(=O)O[SiH]1CCCCC1.[H-].[Na+]. The van der Waals surface area contributed by atoms with E-state index in [9.17, 15) is 4.21 Å². The van der Waals surface area contributed by atoms with Crippen molar-refractivity contribution in [2.24, 2.45) is 0 Å². The second-order valence-electron chi connectivity index (χ2n) is 4.14. The second kappa shape index (κ2) is 5.57. The summed E-state index contributed by atoms with van der Waals surface area (Å²) in [4.78, 5) is 0. The number of hydrogen-bond acceptors (Lipinski definition) is 3. The summed E-state index contributed by atoms with van der Waals surface area (Å²) in [6.45, 7) is 0. The number of hydrogen-bond donors (Lipinski definition) is 0. The van der Waals surface area contributed by atoms with E-state index in [0.717, 1.165) is 12.1 Å². The van der Waals surface area contributed by atoms with Crippen LogP contribution in [0, 0.1) is 0 Å². The van der Waals surface area contributed by atoms with Gasteiger partial charge in [0, 0.05) is 12.5 Å². The molecule has 1 aliphatic heterocycles. The van der Waals surface area contributed by atoms with Crippen LogP contribution in [-0.4, -0.2) is 32.9 Å². The first-order chi connectivity index (χ1) is 5.91. The third kappa shape index (κ3) is 5.39. The van der Waals surface area contributed by atoms with Gasteiger partial charge in [-0.15, -0.1) is 0 Å². The molecule has 0 N–H and O–H groups in total. The van der Waals surface area contributed by atoms with Crippen LogP contribution in [-0.2, 0) is 17.7 Å². The van der Waals surface area contributed by atoms with Crippen LogP contribution in [0.4, 0.5) is 0 Å². The first-order valence-electron chi connectivity index (χ1n) is 4.78. The molecule has 0 aliphatic carbocycles. The Hall–Kier alpha value is 1.29. The zero-order valence-corrected chi connectivity index (χ0v) is 13.7. The Morgan fingerprint density at radius 1 is 1.21 bits per heavy atom. The van der Waals surface area contributed by atoms with Crippen molar-refractivity contribution in [1.82, 2.24) is 0 Å². The normalized spacial score (nSPS) is 22.1. The van der Waals surface area contributed by atoms with Crippen molar-refractivity contribution in [3.8, 4) is 0 Å². The van der Waals surface area contributed by atoms with Crippen molar-refractivity contribution >= 4 is 18.7 Å². The van der Waals surface area contributed by atoms with Gasteiger partial charge >= 0.3 is 29.6 Å². The van der Waals surface area contributed by atoms with Crippen LogP contribution >= 0.6 is 0 Å². The zero-order chi connectivity index (χ0) is 9.97. The van der Waals surface area contributed by atoms with E-state index in [-0.39, 0.29) is 31.0 Å². The summed E-state index contributed by atoms with van der Waals surface area (Å²) in [6, 6.07) is 2.30. The van der Waals surface area contributed by atoms with Gasteiger partial charge in [-0.3, -0.25) is 4.18 Å². The Balaban J connectivity index is 0. The molecule has 0 aromatic heterocycles. The molecule has 82 valence electrons. The van der Waals surface area contributed by atoms with Crippen molar-refractivity contribution in [1.29, 1.82) is 0 Å². The molecule has 0 spiro atoms. The van der Waals surface area contributed by atoms with Crippen molar-refractivity contribution < 1.29 is 43.2 Å². The molecule has 0 saturated carbocycles. The van der Waals surface area contributed by atoms with Gasteiger partial charge in [0.25, 0.3) is 0 Å². The molecule has 1 rings (SSSR count). The Labute approximate surface area is 112 Å². The van der Waals surface area contributed by atoms with Gasteiger partial charge in [-0.1, -0.05) is 19.3 Å². The van der Waals surface area contributed by atoms with E-state index in [2.05, 4.69) is 0 Å². The molecule has 0 amide bonds. The smallest absolute Gasteiger partial charge is 1.00 e. The summed E-state index contributed by atoms with van der Waals surface area (Å²) in [5, 5.41) is 0. The summed E-state index contributed by atoms with van der Waals surface area (Å²) in [5.74, 6) is 0. The quantitative estimate of drug-likeness (QED) is 0.575. The van der Waals surface area contributed by atoms with Gasteiger partial charge in [-0.25, -0.2) is 4.21 Å². The Bertz CT molecular complexity index is 240. The second-order valence-corrected chi connectivity index (χ2v) is 10.9. The monoisotopic (exact) mass is 248 g/mol. The number of rotatable bonds is 3. The first-order valence-corrected chi connectivity index (χ1v) is 9.51. The van der Waals surface area contributed by atoms with E-state index in [1.54, 1.807) is 12.5 Å². The summed E-state index contributed by atoms with van der Waals surface area (Å²) >= 11 is 0. The molecule has 0 aromatic rings. The van der Waals surface area contributed by atoms with Crippen LogP contribution < -0.4 is 29.6 Å². The van der Waals surface area contributed by atoms with Gasteiger partial charge in [0.15, 0.2) is 9.04 Å². The minimum absolute atomic E-state index is 0. The van der Waals surface area contributed by atoms with E-state index in [4.69, 9.17) is 8.06 Å². The third-order valence-corrected chi connectivity index (χ3v) is 8.73. The molecule has 1 heterocycles. The van der Waals surface area contributed by atoms with Crippen molar-refractivity contribution in [2.75, 3.05) is 19.6 Å². The van der Waals surface area contributed by atoms with E-state index in [0.29, 0.717) is 0 Å². The minimum Gasteiger partial charge on any atom is -1.00 e. The Morgan fingerprint density at radius 3 is 2.14 bits per heavy atom. The van der Waals surface area contributed by atoms with Gasteiger partial charge in [0.05, 0.1) is 16.7 Å². The van der Waals surface area contributed by atoms with E-state index in [1.807, 2.05) is 0 Å². The average Bonchev–Trinajstić information content (AvgIpc) is 2.05. The first kappa shape index (κ1) is 15.3.